The Balaban J connectivity index is 2.10. The topological polar surface area (TPSA) is 79.2 Å². The standard InChI is InChI=1S/C14H20BrN3O2/c1-9-12(15)8-11(13(19)17-9)14(20)18-6-3-10(2-5-16)4-7-18/h8,10H,2-7,16H2,1H3,(H,17,19). The number of aromatic amines is 1. The Kier molecular flexibility index (Phi) is 4.99. The summed E-state index contributed by atoms with van der Waals surface area (Å²) in [5.41, 5.74) is 6.18. The number of piperidine rings is 1. The molecule has 110 valence electrons. The Morgan fingerprint density at radius 3 is 2.75 bits per heavy atom. The summed E-state index contributed by atoms with van der Waals surface area (Å²) in [6.07, 6.45) is 2.94. The monoisotopic (exact) mass is 341 g/mol. The van der Waals surface area contributed by atoms with Crippen molar-refractivity contribution < 1.29 is 4.79 Å². The lowest BCUT2D eigenvalue weighted by atomic mass is 9.93. The van der Waals surface area contributed by atoms with Crippen LogP contribution in [0.1, 0.15) is 35.3 Å². The Hall–Kier alpha value is -1.14. The summed E-state index contributed by atoms with van der Waals surface area (Å²) < 4.78 is 0.749. The molecule has 3 N–H and O–H groups in total. The molecule has 1 amide bonds. The lowest BCUT2D eigenvalue weighted by Crippen LogP contribution is -2.41. The number of aryl methyl sites for hydroxylation is 1. The molecule has 1 aliphatic heterocycles. The Labute approximate surface area is 126 Å². The minimum atomic E-state index is -0.320. The number of halogens is 1. The molecule has 5 nitrogen and oxygen atoms in total. The van der Waals surface area contributed by atoms with Gasteiger partial charge in [0.2, 0.25) is 0 Å². The number of carbonyl (C=O) groups excluding carboxylic acids is 1. The van der Waals surface area contributed by atoms with E-state index in [2.05, 4.69) is 20.9 Å². The molecule has 0 aliphatic carbocycles. The third kappa shape index (κ3) is 3.30. The molecule has 20 heavy (non-hydrogen) atoms. The van der Waals surface area contributed by atoms with Gasteiger partial charge >= 0.3 is 0 Å². The van der Waals surface area contributed by atoms with Gasteiger partial charge in [-0.25, -0.2) is 0 Å². The van der Waals surface area contributed by atoms with Crippen molar-refractivity contribution in [2.45, 2.75) is 26.2 Å². The smallest absolute Gasteiger partial charge is 0.261 e. The van der Waals surface area contributed by atoms with Crippen LogP contribution in [0.3, 0.4) is 0 Å². The van der Waals surface area contributed by atoms with Gasteiger partial charge in [0, 0.05) is 23.3 Å². The third-order valence-electron chi connectivity index (χ3n) is 3.88. The van der Waals surface area contributed by atoms with Gasteiger partial charge in [-0.05, 0) is 60.6 Å². The van der Waals surface area contributed by atoms with Crippen molar-refractivity contribution in [3.8, 4) is 0 Å². The molecule has 0 aromatic carbocycles. The lowest BCUT2D eigenvalue weighted by molar-refractivity contribution is 0.0686. The fraction of sp³-hybridized carbons (Fsp3) is 0.571. The van der Waals surface area contributed by atoms with E-state index >= 15 is 0 Å². The Morgan fingerprint density at radius 2 is 2.15 bits per heavy atom. The number of nitrogens with one attached hydrogen (secondary N) is 1. The van der Waals surface area contributed by atoms with Crippen molar-refractivity contribution in [1.82, 2.24) is 9.88 Å². The van der Waals surface area contributed by atoms with E-state index in [1.807, 2.05) is 0 Å². The van der Waals surface area contributed by atoms with Crippen LogP contribution in [0.25, 0.3) is 0 Å². The predicted molar refractivity (Wildman–Crippen MR) is 81.8 cm³/mol. The first kappa shape index (κ1) is 15.3. The van der Waals surface area contributed by atoms with Crippen LogP contribution in [0, 0.1) is 12.8 Å². The molecular formula is C14H20BrN3O2. The van der Waals surface area contributed by atoms with E-state index in [9.17, 15) is 9.59 Å². The number of likely N-dealkylation sites (tertiary alicyclic amines) is 1. The van der Waals surface area contributed by atoms with Gasteiger partial charge in [-0.2, -0.15) is 0 Å². The molecule has 2 rings (SSSR count). The normalized spacial score (nSPS) is 16.4. The first-order valence-electron chi connectivity index (χ1n) is 6.91. The van der Waals surface area contributed by atoms with Crippen LogP contribution in [0.2, 0.25) is 0 Å². The van der Waals surface area contributed by atoms with E-state index in [1.54, 1.807) is 17.9 Å². The minimum absolute atomic E-state index is 0.182. The number of nitrogens with zero attached hydrogens (tertiary/aromatic N) is 1. The number of nitrogens with two attached hydrogens (primary N) is 1. The zero-order valence-electron chi connectivity index (χ0n) is 11.6. The SMILES string of the molecule is Cc1[nH]c(=O)c(C(=O)N2CCC(CCN)CC2)cc1Br. The van der Waals surface area contributed by atoms with Crippen LogP contribution >= 0.6 is 15.9 Å². The number of aromatic nitrogens is 1. The zero-order chi connectivity index (χ0) is 14.7. The van der Waals surface area contributed by atoms with Crippen molar-refractivity contribution in [2.75, 3.05) is 19.6 Å². The number of hydrogen-bond donors (Lipinski definition) is 2. The van der Waals surface area contributed by atoms with Crippen molar-refractivity contribution in [3.05, 3.63) is 32.2 Å². The highest BCUT2D eigenvalue weighted by Crippen LogP contribution is 2.21. The summed E-state index contributed by atoms with van der Waals surface area (Å²) in [7, 11) is 0. The summed E-state index contributed by atoms with van der Waals surface area (Å²) in [5.74, 6) is 0.422. The molecule has 6 heteroatoms. The van der Waals surface area contributed by atoms with Crippen LogP contribution < -0.4 is 11.3 Å². The van der Waals surface area contributed by atoms with E-state index < -0.39 is 0 Å². The molecule has 1 aliphatic rings. The fourth-order valence-corrected chi connectivity index (χ4v) is 2.92. The molecule has 0 radical (unpaired) electrons. The van der Waals surface area contributed by atoms with Gasteiger partial charge in [0.15, 0.2) is 0 Å². The van der Waals surface area contributed by atoms with Gasteiger partial charge in [-0.3, -0.25) is 9.59 Å². The average molecular weight is 342 g/mol. The molecule has 1 saturated heterocycles. The molecule has 2 heterocycles. The second-order valence-electron chi connectivity index (χ2n) is 5.30. The van der Waals surface area contributed by atoms with Crippen molar-refractivity contribution >= 4 is 21.8 Å². The molecule has 1 fully saturated rings. The van der Waals surface area contributed by atoms with Crippen LogP contribution in [0.4, 0.5) is 0 Å². The Bertz CT molecular complexity index is 548. The summed E-state index contributed by atoms with van der Waals surface area (Å²) in [4.78, 5) is 28.8. The predicted octanol–water partition coefficient (Wildman–Crippen LogP) is 1.65. The maximum absolute atomic E-state index is 12.4. The number of amides is 1. The van der Waals surface area contributed by atoms with E-state index in [4.69, 9.17) is 5.73 Å². The van der Waals surface area contributed by atoms with Gasteiger partial charge in [-0.1, -0.05) is 0 Å². The molecule has 1 aromatic rings. The molecular weight excluding hydrogens is 322 g/mol. The number of pyridine rings is 1. The van der Waals surface area contributed by atoms with Crippen molar-refractivity contribution in [3.63, 3.8) is 0 Å². The molecule has 0 spiro atoms. The Morgan fingerprint density at radius 1 is 1.50 bits per heavy atom. The van der Waals surface area contributed by atoms with Crippen LogP contribution in [-0.4, -0.2) is 35.4 Å². The van der Waals surface area contributed by atoms with Crippen molar-refractivity contribution in [1.29, 1.82) is 0 Å². The first-order valence-corrected chi connectivity index (χ1v) is 7.71. The van der Waals surface area contributed by atoms with E-state index in [0.717, 1.165) is 29.4 Å². The molecule has 0 atom stereocenters. The summed E-state index contributed by atoms with van der Waals surface area (Å²) in [6.45, 7) is 3.89. The highest BCUT2D eigenvalue weighted by molar-refractivity contribution is 9.10. The molecule has 0 unspecified atom stereocenters. The molecule has 0 saturated carbocycles. The number of H-pyrrole nitrogens is 1. The minimum Gasteiger partial charge on any atom is -0.338 e. The van der Waals surface area contributed by atoms with Crippen LogP contribution in [0.15, 0.2) is 15.3 Å². The van der Waals surface area contributed by atoms with Crippen LogP contribution in [0.5, 0.6) is 0 Å². The van der Waals surface area contributed by atoms with Gasteiger partial charge in [0.1, 0.15) is 5.56 Å². The highest BCUT2D eigenvalue weighted by Gasteiger charge is 2.25. The molecule has 0 bridgehead atoms. The maximum Gasteiger partial charge on any atom is 0.261 e. The number of hydrogen-bond acceptors (Lipinski definition) is 3. The fourth-order valence-electron chi connectivity index (χ4n) is 2.59. The van der Waals surface area contributed by atoms with E-state index in [0.29, 0.717) is 25.6 Å². The highest BCUT2D eigenvalue weighted by atomic mass is 79.9. The zero-order valence-corrected chi connectivity index (χ0v) is 13.2. The number of rotatable bonds is 3. The number of carbonyl (C=O) groups is 1. The first-order chi connectivity index (χ1) is 9.52. The van der Waals surface area contributed by atoms with E-state index in [1.165, 1.54) is 0 Å². The summed E-state index contributed by atoms with van der Waals surface area (Å²) in [6, 6.07) is 1.61. The van der Waals surface area contributed by atoms with E-state index in [-0.39, 0.29) is 17.0 Å². The molecule has 1 aromatic heterocycles. The van der Waals surface area contributed by atoms with Gasteiger partial charge in [-0.15, -0.1) is 0 Å². The average Bonchev–Trinajstić information content (AvgIpc) is 2.43. The lowest BCUT2D eigenvalue weighted by Gasteiger charge is -2.31. The van der Waals surface area contributed by atoms with Crippen molar-refractivity contribution in [2.24, 2.45) is 11.7 Å². The largest absolute Gasteiger partial charge is 0.338 e. The maximum atomic E-state index is 12.4. The summed E-state index contributed by atoms with van der Waals surface area (Å²) in [5, 5.41) is 0. The van der Waals surface area contributed by atoms with Gasteiger partial charge in [0.25, 0.3) is 11.5 Å². The third-order valence-corrected chi connectivity index (χ3v) is 4.71. The second-order valence-corrected chi connectivity index (χ2v) is 6.15. The second kappa shape index (κ2) is 6.54. The van der Waals surface area contributed by atoms with Gasteiger partial charge < -0.3 is 15.6 Å². The quantitative estimate of drug-likeness (QED) is 0.877. The summed E-state index contributed by atoms with van der Waals surface area (Å²) >= 11 is 3.35. The van der Waals surface area contributed by atoms with Crippen LogP contribution in [-0.2, 0) is 0 Å². The van der Waals surface area contributed by atoms with Gasteiger partial charge in [0.05, 0.1) is 0 Å².